The lowest BCUT2D eigenvalue weighted by molar-refractivity contribution is -0.130. The molecule has 4 heterocycles. The molecule has 2 amide bonds. The first-order chi connectivity index (χ1) is 15.2. The first-order valence-electron chi connectivity index (χ1n) is 11.0. The van der Waals surface area contributed by atoms with E-state index in [1.54, 1.807) is 0 Å². The zero-order valence-corrected chi connectivity index (χ0v) is 17.3. The van der Waals surface area contributed by atoms with Gasteiger partial charge in [0, 0.05) is 56.3 Å². The molecule has 0 bridgehead atoms. The summed E-state index contributed by atoms with van der Waals surface area (Å²) in [6, 6.07) is 9.44. The predicted octanol–water partition coefficient (Wildman–Crippen LogP) is 0.763. The molecule has 9 heteroatoms. The molecule has 0 spiro atoms. The molecule has 5 rings (SSSR count). The topological polar surface area (TPSA) is 110 Å². The molecule has 1 aromatic heterocycles. The summed E-state index contributed by atoms with van der Waals surface area (Å²) in [5.41, 5.74) is 0.883. The van der Waals surface area contributed by atoms with E-state index >= 15 is 0 Å². The van der Waals surface area contributed by atoms with Gasteiger partial charge in [0.2, 0.25) is 23.6 Å². The number of nitrogens with one attached hydrogen (secondary N) is 2. The van der Waals surface area contributed by atoms with Crippen LogP contribution in [0.3, 0.4) is 0 Å². The van der Waals surface area contributed by atoms with Crippen molar-refractivity contribution in [2.24, 2.45) is 5.92 Å². The Morgan fingerprint density at radius 1 is 1.19 bits per heavy atom. The molecule has 2 aromatic rings. The van der Waals surface area contributed by atoms with Gasteiger partial charge in [-0.1, -0.05) is 18.2 Å². The van der Waals surface area contributed by atoms with Crippen LogP contribution in [0.4, 0.5) is 0 Å². The van der Waals surface area contributed by atoms with Gasteiger partial charge in [-0.25, -0.2) is 0 Å². The molecule has 3 aliphatic rings. The molecule has 1 aromatic carbocycles. The van der Waals surface area contributed by atoms with Crippen molar-refractivity contribution in [3.8, 4) is 11.5 Å². The summed E-state index contributed by atoms with van der Waals surface area (Å²) in [5, 5.41) is 14.5. The van der Waals surface area contributed by atoms with Crippen molar-refractivity contribution in [1.82, 2.24) is 25.7 Å². The number of nitrogens with zero attached hydrogens (tertiary/aromatic N) is 3. The fraction of sp³-hybridized carbons (Fsp3) is 0.545. The minimum absolute atomic E-state index is 0.00537. The molecule has 0 aliphatic carbocycles. The second-order valence-corrected chi connectivity index (χ2v) is 8.51. The minimum atomic E-state index is -0.241. The Morgan fingerprint density at radius 3 is 2.81 bits per heavy atom. The Kier molecular flexibility index (Phi) is 5.69. The van der Waals surface area contributed by atoms with Crippen LogP contribution in [-0.4, -0.2) is 71.3 Å². The summed E-state index contributed by atoms with van der Waals surface area (Å²) in [6.45, 7) is 2.45. The van der Waals surface area contributed by atoms with Gasteiger partial charge in [-0.05, 0) is 31.4 Å². The molecule has 0 unspecified atom stereocenters. The Hall–Kier alpha value is -2.78. The predicted molar refractivity (Wildman–Crippen MR) is 111 cm³/mol. The van der Waals surface area contributed by atoms with E-state index in [-0.39, 0.29) is 35.9 Å². The summed E-state index contributed by atoms with van der Waals surface area (Å²) in [6.07, 6.45) is 2.69. The monoisotopic (exact) mass is 425 g/mol. The van der Waals surface area contributed by atoms with Crippen LogP contribution in [0.2, 0.25) is 0 Å². The van der Waals surface area contributed by atoms with Crippen LogP contribution in [0, 0.1) is 5.92 Å². The van der Waals surface area contributed by atoms with Crippen LogP contribution in [0.5, 0.6) is 0 Å². The summed E-state index contributed by atoms with van der Waals surface area (Å²) in [5.74, 6) is 1.15. The highest BCUT2D eigenvalue weighted by molar-refractivity contribution is 5.84. The van der Waals surface area contributed by atoms with Crippen molar-refractivity contribution in [2.45, 2.75) is 43.8 Å². The van der Waals surface area contributed by atoms with Gasteiger partial charge in [0.05, 0.1) is 6.04 Å². The lowest BCUT2D eigenvalue weighted by atomic mass is 9.99. The maximum atomic E-state index is 12.6. The zero-order chi connectivity index (χ0) is 21.2. The largest absolute Gasteiger partial charge is 0.421 e. The number of ether oxygens (including phenoxy) is 1. The van der Waals surface area contributed by atoms with E-state index < -0.39 is 0 Å². The maximum Gasteiger partial charge on any atom is 0.247 e. The molecular formula is C22H27N5O4. The van der Waals surface area contributed by atoms with E-state index in [4.69, 9.17) is 9.15 Å². The van der Waals surface area contributed by atoms with E-state index in [1.165, 1.54) is 0 Å². The average Bonchev–Trinajstić information content (AvgIpc) is 3.45. The van der Waals surface area contributed by atoms with E-state index in [9.17, 15) is 9.59 Å². The number of amides is 2. The van der Waals surface area contributed by atoms with Crippen LogP contribution in [0.15, 0.2) is 34.7 Å². The van der Waals surface area contributed by atoms with Gasteiger partial charge >= 0.3 is 0 Å². The normalized spacial score (nSPS) is 27.0. The number of benzene rings is 1. The van der Waals surface area contributed by atoms with E-state index in [0.29, 0.717) is 50.9 Å². The molecule has 3 atom stereocenters. The van der Waals surface area contributed by atoms with Crippen LogP contribution in [0.1, 0.15) is 25.2 Å². The quantitative estimate of drug-likeness (QED) is 0.728. The van der Waals surface area contributed by atoms with Crippen molar-refractivity contribution in [3.05, 3.63) is 36.2 Å². The SMILES string of the molecule is O=C(N[C@H]1C[C@H]2C(=O)NC[C@@H](Cc3nnc(-c4ccccc4)o3)N2C1)C1CCOCC1. The van der Waals surface area contributed by atoms with E-state index in [0.717, 1.165) is 18.4 Å². The fourth-order valence-electron chi connectivity index (χ4n) is 4.78. The lowest BCUT2D eigenvalue weighted by Crippen LogP contribution is -2.58. The Morgan fingerprint density at radius 2 is 2.00 bits per heavy atom. The second kappa shape index (κ2) is 8.76. The van der Waals surface area contributed by atoms with Crippen molar-refractivity contribution < 1.29 is 18.7 Å². The fourth-order valence-corrected chi connectivity index (χ4v) is 4.78. The van der Waals surface area contributed by atoms with Crippen molar-refractivity contribution in [1.29, 1.82) is 0 Å². The molecule has 2 N–H and O–H groups in total. The first kappa shape index (κ1) is 20.1. The molecule has 31 heavy (non-hydrogen) atoms. The highest BCUT2D eigenvalue weighted by atomic mass is 16.5. The van der Waals surface area contributed by atoms with Gasteiger partial charge in [0.1, 0.15) is 0 Å². The van der Waals surface area contributed by atoms with Gasteiger partial charge in [0.15, 0.2) is 0 Å². The molecule has 3 aliphatic heterocycles. The number of carbonyl (C=O) groups is 2. The molecule has 0 saturated carbocycles. The van der Waals surface area contributed by atoms with E-state index in [2.05, 4.69) is 25.7 Å². The Bertz CT molecular complexity index is 927. The van der Waals surface area contributed by atoms with Crippen LogP contribution in [0.25, 0.3) is 11.5 Å². The van der Waals surface area contributed by atoms with Gasteiger partial charge in [-0.3, -0.25) is 14.5 Å². The minimum Gasteiger partial charge on any atom is -0.421 e. The molecule has 0 radical (unpaired) electrons. The summed E-state index contributed by atoms with van der Waals surface area (Å²) in [4.78, 5) is 27.3. The smallest absolute Gasteiger partial charge is 0.247 e. The third-order valence-corrected chi connectivity index (χ3v) is 6.46. The first-order valence-corrected chi connectivity index (χ1v) is 11.0. The van der Waals surface area contributed by atoms with Gasteiger partial charge in [-0.2, -0.15) is 0 Å². The third-order valence-electron chi connectivity index (χ3n) is 6.46. The standard InChI is InChI=1S/C22H27N5O4/c28-20(14-6-8-30-9-7-14)24-16-10-18-21(29)23-12-17(27(18)13-16)11-19-25-26-22(31-19)15-4-2-1-3-5-15/h1-5,14,16-18H,6-13H2,(H,23,29)(H,24,28)/t16-,17+,18-/m0/s1. The number of aromatic nitrogens is 2. The van der Waals surface area contributed by atoms with E-state index in [1.807, 2.05) is 30.3 Å². The number of fused-ring (bicyclic) bond motifs is 1. The third kappa shape index (κ3) is 4.33. The number of rotatable bonds is 5. The summed E-state index contributed by atoms with van der Waals surface area (Å²) >= 11 is 0. The molecule has 3 saturated heterocycles. The Labute approximate surface area is 180 Å². The van der Waals surface area contributed by atoms with Gasteiger partial charge < -0.3 is 19.8 Å². The maximum absolute atomic E-state index is 12.6. The molecular weight excluding hydrogens is 398 g/mol. The zero-order valence-electron chi connectivity index (χ0n) is 17.3. The summed E-state index contributed by atoms with van der Waals surface area (Å²) in [7, 11) is 0. The number of hydrogen-bond acceptors (Lipinski definition) is 7. The number of piperazine rings is 1. The lowest BCUT2D eigenvalue weighted by Gasteiger charge is -2.36. The van der Waals surface area contributed by atoms with Gasteiger partial charge in [-0.15, -0.1) is 10.2 Å². The molecule has 3 fully saturated rings. The highest BCUT2D eigenvalue weighted by Crippen LogP contribution is 2.27. The molecule has 9 nitrogen and oxygen atoms in total. The van der Waals surface area contributed by atoms with Gasteiger partial charge in [0.25, 0.3) is 0 Å². The van der Waals surface area contributed by atoms with Crippen LogP contribution < -0.4 is 10.6 Å². The Balaban J connectivity index is 1.23. The van der Waals surface area contributed by atoms with Crippen molar-refractivity contribution in [2.75, 3.05) is 26.3 Å². The highest BCUT2D eigenvalue weighted by Gasteiger charge is 2.44. The summed E-state index contributed by atoms with van der Waals surface area (Å²) < 4.78 is 11.2. The number of hydrogen-bond donors (Lipinski definition) is 2. The van der Waals surface area contributed by atoms with Crippen molar-refractivity contribution >= 4 is 11.8 Å². The van der Waals surface area contributed by atoms with Crippen LogP contribution in [-0.2, 0) is 20.7 Å². The average molecular weight is 425 g/mol. The van der Waals surface area contributed by atoms with Crippen LogP contribution >= 0.6 is 0 Å². The molecule has 164 valence electrons. The second-order valence-electron chi connectivity index (χ2n) is 8.51. The van der Waals surface area contributed by atoms with Crippen molar-refractivity contribution in [3.63, 3.8) is 0 Å². The number of carbonyl (C=O) groups excluding carboxylic acids is 2.